The van der Waals surface area contributed by atoms with Crippen molar-refractivity contribution in [2.45, 2.75) is 105 Å². The van der Waals surface area contributed by atoms with Crippen molar-refractivity contribution < 1.29 is 14.9 Å². The number of benzene rings is 2. The molecule has 0 aliphatic heterocycles. The standard InChI is InChI=1S/C28H42O3/c1-25(2,3)17-13-19(27(7,8)9)23(29)21(15-17)31-22-16-18(26(4,5)6)14-20(24(22)30)28(10,11)12/h13-16,29-30H,1-12H3. The molecule has 3 heteroatoms. The third kappa shape index (κ3) is 5.56. The third-order valence-corrected chi connectivity index (χ3v) is 5.72. The van der Waals surface area contributed by atoms with E-state index in [9.17, 15) is 10.2 Å². The summed E-state index contributed by atoms with van der Waals surface area (Å²) in [6, 6.07) is 7.91. The quantitative estimate of drug-likeness (QED) is 0.510. The maximum atomic E-state index is 11.1. The average Bonchev–Trinajstić information content (AvgIpc) is 2.53. The van der Waals surface area contributed by atoms with Crippen molar-refractivity contribution in [2.75, 3.05) is 0 Å². The number of phenolic OH excluding ortho intramolecular Hbond substituents is 2. The van der Waals surface area contributed by atoms with E-state index in [0.717, 1.165) is 22.3 Å². The van der Waals surface area contributed by atoms with Gasteiger partial charge in [0, 0.05) is 11.1 Å². The van der Waals surface area contributed by atoms with Crippen molar-refractivity contribution in [1.82, 2.24) is 0 Å². The minimum absolute atomic E-state index is 0.113. The van der Waals surface area contributed by atoms with Crippen molar-refractivity contribution in [1.29, 1.82) is 0 Å². The highest BCUT2D eigenvalue weighted by Gasteiger charge is 2.29. The summed E-state index contributed by atoms with van der Waals surface area (Å²) in [5.74, 6) is 0.994. The minimum atomic E-state index is -0.255. The van der Waals surface area contributed by atoms with Gasteiger partial charge in [-0.2, -0.15) is 0 Å². The van der Waals surface area contributed by atoms with E-state index in [4.69, 9.17) is 4.74 Å². The number of hydrogen-bond acceptors (Lipinski definition) is 3. The molecule has 2 N–H and O–H groups in total. The first kappa shape index (κ1) is 25.1. The lowest BCUT2D eigenvalue weighted by Gasteiger charge is -2.29. The molecule has 0 bridgehead atoms. The van der Waals surface area contributed by atoms with Crippen LogP contribution in [0.3, 0.4) is 0 Å². The van der Waals surface area contributed by atoms with Gasteiger partial charge in [0.1, 0.15) is 0 Å². The minimum Gasteiger partial charge on any atom is -0.504 e. The fourth-order valence-corrected chi connectivity index (χ4v) is 3.50. The molecule has 0 amide bonds. The zero-order valence-corrected chi connectivity index (χ0v) is 21.6. The SMILES string of the molecule is CC(C)(C)c1cc(Oc2cc(C(C)(C)C)cc(C(C)(C)C)c2O)c(O)c(C(C)(C)C)c1. The summed E-state index contributed by atoms with van der Waals surface area (Å²) in [5.41, 5.74) is 3.08. The number of rotatable bonds is 2. The van der Waals surface area contributed by atoms with Gasteiger partial charge in [0.05, 0.1) is 0 Å². The highest BCUT2D eigenvalue weighted by molar-refractivity contribution is 5.58. The third-order valence-electron chi connectivity index (χ3n) is 5.72. The maximum absolute atomic E-state index is 11.1. The van der Waals surface area contributed by atoms with E-state index < -0.39 is 0 Å². The monoisotopic (exact) mass is 426 g/mol. The van der Waals surface area contributed by atoms with E-state index in [-0.39, 0.29) is 33.2 Å². The topological polar surface area (TPSA) is 49.7 Å². The second kappa shape index (κ2) is 7.76. The number of phenols is 2. The van der Waals surface area contributed by atoms with Crippen LogP contribution in [-0.2, 0) is 21.7 Å². The molecule has 2 aromatic rings. The summed E-state index contributed by atoms with van der Waals surface area (Å²) in [6.07, 6.45) is 0. The molecule has 0 atom stereocenters. The van der Waals surface area contributed by atoms with Gasteiger partial charge in [-0.05, 0) is 44.9 Å². The first-order valence-electron chi connectivity index (χ1n) is 11.2. The average molecular weight is 427 g/mol. The van der Waals surface area contributed by atoms with E-state index in [2.05, 4.69) is 95.2 Å². The summed E-state index contributed by atoms with van der Waals surface area (Å²) in [7, 11) is 0. The van der Waals surface area contributed by atoms with Gasteiger partial charge >= 0.3 is 0 Å². The van der Waals surface area contributed by atoms with Gasteiger partial charge in [0.25, 0.3) is 0 Å². The summed E-state index contributed by atoms with van der Waals surface area (Å²) in [4.78, 5) is 0. The normalized spacial score (nSPS) is 13.4. The second-order valence-electron chi connectivity index (χ2n) is 12.8. The van der Waals surface area contributed by atoms with E-state index >= 15 is 0 Å². The molecule has 0 radical (unpaired) electrons. The van der Waals surface area contributed by atoms with Crippen LogP contribution in [0.15, 0.2) is 24.3 Å². The zero-order chi connectivity index (χ0) is 24.2. The van der Waals surface area contributed by atoms with Crippen LogP contribution in [0.5, 0.6) is 23.0 Å². The molecule has 3 nitrogen and oxygen atoms in total. The second-order valence-corrected chi connectivity index (χ2v) is 12.8. The Labute approximate surface area is 189 Å². The predicted molar refractivity (Wildman–Crippen MR) is 131 cm³/mol. The Bertz CT molecular complexity index is 877. The molecule has 0 spiro atoms. The van der Waals surface area contributed by atoms with Crippen molar-refractivity contribution >= 4 is 0 Å². The highest BCUT2D eigenvalue weighted by atomic mass is 16.5. The lowest BCUT2D eigenvalue weighted by molar-refractivity contribution is 0.367. The van der Waals surface area contributed by atoms with Crippen molar-refractivity contribution in [3.63, 3.8) is 0 Å². The largest absolute Gasteiger partial charge is 0.504 e. The molecule has 0 aromatic heterocycles. The van der Waals surface area contributed by atoms with Crippen LogP contribution in [0.25, 0.3) is 0 Å². The van der Waals surface area contributed by atoms with Crippen LogP contribution < -0.4 is 4.74 Å². The van der Waals surface area contributed by atoms with Gasteiger partial charge < -0.3 is 14.9 Å². The first-order valence-corrected chi connectivity index (χ1v) is 11.2. The Balaban J connectivity index is 2.78. The number of ether oxygens (including phenoxy) is 1. The van der Waals surface area contributed by atoms with Gasteiger partial charge in [-0.25, -0.2) is 0 Å². The Kier molecular flexibility index (Phi) is 6.28. The molecule has 0 heterocycles. The van der Waals surface area contributed by atoms with E-state index in [0.29, 0.717) is 11.5 Å². The number of hydrogen-bond donors (Lipinski definition) is 2. The van der Waals surface area contributed by atoms with E-state index in [1.165, 1.54) is 0 Å². The molecule has 0 saturated carbocycles. The van der Waals surface area contributed by atoms with Crippen LogP contribution in [0.4, 0.5) is 0 Å². The van der Waals surface area contributed by atoms with E-state index in [1.54, 1.807) is 0 Å². The lowest BCUT2D eigenvalue weighted by Crippen LogP contribution is -2.17. The predicted octanol–water partition coefficient (Wildman–Crippen LogP) is 8.08. The molecule has 0 fully saturated rings. The summed E-state index contributed by atoms with van der Waals surface area (Å²) >= 11 is 0. The fourth-order valence-electron chi connectivity index (χ4n) is 3.50. The van der Waals surface area contributed by atoms with Crippen LogP contribution in [-0.4, -0.2) is 10.2 Å². The van der Waals surface area contributed by atoms with Crippen LogP contribution in [0.2, 0.25) is 0 Å². The molecule has 0 aliphatic rings. The molecular formula is C28H42O3. The Morgan fingerprint density at radius 1 is 0.484 bits per heavy atom. The Morgan fingerprint density at radius 2 is 0.774 bits per heavy atom. The number of aromatic hydroxyl groups is 2. The first-order chi connectivity index (χ1) is 13.7. The van der Waals surface area contributed by atoms with Crippen molar-refractivity contribution in [3.8, 4) is 23.0 Å². The molecule has 31 heavy (non-hydrogen) atoms. The van der Waals surface area contributed by atoms with Crippen molar-refractivity contribution in [2.24, 2.45) is 0 Å². The van der Waals surface area contributed by atoms with Gasteiger partial charge in [-0.1, -0.05) is 95.2 Å². The summed E-state index contributed by atoms with van der Waals surface area (Å²) < 4.78 is 6.28. The molecule has 2 rings (SSSR count). The fraction of sp³-hybridized carbons (Fsp3) is 0.571. The van der Waals surface area contributed by atoms with Gasteiger partial charge in [-0.15, -0.1) is 0 Å². The van der Waals surface area contributed by atoms with Crippen LogP contribution in [0.1, 0.15) is 105 Å². The lowest BCUT2D eigenvalue weighted by atomic mass is 9.79. The zero-order valence-electron chi connectivity index (χ0n) is 21.6. The van der Waals surface area contributed by atoms with Crippen LogP contribution in [0, 0.1) is 0 Å². The maximum Gasteiger partial charge on any atom is 0.169 e. The molecule has 0 saturated heterocycles. The van der Waals surface area contributed by atoms with Gasteiger partial charge in [0.2, 0.25) is 0 Å². The van der Waals surface area contributed by atoms with Crippen molar-refractivity contribution in [3.05, 3.63) is 46.5 Å². The summed E-state index contributed by atoms with van der Waals surface area (Å²) in [5, 5.41) is 22.2. The molecule has 172 valence electrons. The van der Waals surface area contributed by atoms with Gasteiger partial charge in [0.15, 0.2) is 23.0 Å². The Hall–Kier alpha value is -2.16. The Morgan fingerprint density at radius 3 is 1.00 bits per heavy atom. The summed E-state index contributed by atoms with van der Waals surface area (Å²) in [6.45, 7) is 25.3. The van der Waals surface area contributed by atoms with Crippen LogP contribution >= 0.6 is 0 Å². The molecule has 0 unspecified atom stereocenters. The molecule has 0 aliphatic carbocycles. The smallest absolute Gasteiger partial charge is 0.169 e. The highest BCUT2D eigenvalue weighted by Crippen LogP contribution is 2.47. The molecular weight excluding hydrogens is 384 g/mol. The van der Waals surface area contributed by atoms with E-state index in [1.807, 2.05) is 12.1 Å². The van der Waals surface area contributed by atoms with Gasteiger partial charge in [-0.3, -0.25) is 0 Å². The molecule has 2 aromatic carbocycles.